The van der Waals surface area contributed by atoms with Gasteiger partial charge in [-0.25, -0.2) is 14.4 Å². The first kappa shape index (κ1) is 14.2. The van der Waals surface area contributed by atoms with E-state index >= 15 is 0 Å². The maximum Gasteiger partial charge on any atom is 0.161 e. The van der Waals surface area contributed by atoms with E-state index < -0.39 is 5.82 Å². The molecule has 0 aliphatic rings. The van der Waals surface area contributed by atoms with Crippen LogP contribution in [-0.4, -0.2) is 9.97 Å². The van der Waals surface area contributed by atoms with Crippen molar-refractivity contribution < 1.29 is 4.39 Å². The van der Waals surface area contributed by atoms with Crippen molar-refractivity contribution in [2.45, 2.75) is 13.3 Å². The van der Waals surface area contributed by atoms with E-state index in [0.29, 0.717) is 16.2 Å². The Morgan fingerprint density at radius 1 is 1.00 bits per heavy atom. The highest BCUT2D eigenvalue weighted by atomic mass is 35.5. The van der Waals surface area contributed by atoms with Gasteiger partial charge in [-0.05, 0) is 24.1 Å². The van der Waals surface area contributed by atoms with Gasteiger partial charge in [-0.1, -0.05) is 54.4 Å². The molecule has 3 rings (SSSR count). The van der Waals surface area contributed by atoms with Crippen LogP contribution in [0.3, 0.4) is 0 Å². The summed E-state index contributed by atoms with van der Waals surface area (Å²) < 4.78 is 14.0. The Hall–Kier alpha value is -1.71. The second-order valence-electron chi connectivity index (χ2n) is 4.64. The van der Waals surface area contributed by atoms with Gasteiger partial charge in [-0.2, -0.15) is 0 Å². The zero-order valence-electron chi connectivity index (χ0n) is 11.2. The molecule has 0 atom stereocenters. The molecule has 1 aromatic heterocycles. The molecule has 0 amide bonds. The van der Waals surface area contributed by atoms with Gasteiger partial charge in [0.1, 0.15) is 16.5 Å². The summed E-state index contributed by atoms with van der Waals surface area (Å²) in [6, 6.07) is 10.5. The molecular formula is C16H11Cl2FN2. The van der Waals surface area contributed by atoms with E-state index in [4.69, 9.17) is 23.2 Å². The second-order valence-corrected chi connectivity index (χ2v) is 5.41. The van der Waals surface area contributed by atoms with Crippen molar-refractivity contribution in [3.63, 3.8) is 0 Å². The number of hydrogen-bond donors (Lipinski definition) is 0. The maximum atomic E-state index is 14.0. The van der Waals surface area contributed by atoms with Crippen molar-refractivity contribution in [3.8, 4) is 11.4 Å². The van der Waals surface area contributed by atoms with E-state index in [9.17, 15) is 4.39 Å². The molecule has 0 aliphatic heterocycles. The van der Waals surface area contributed by atoms with Gasteiger partial charge >= 0.3 is 0 Å². The molecule has 0 bridgehead atoms. The van der Waals surface area contributed by atoms with Crippen molar-refractivity contribution in [2.24, 2.45) is 0 Å². The number of nitrogens with zero attached hydrogens (tertiary/aromatic N) is 2. The molecule has 5 heteroatoms. The maximum absolute atomic E-state index is 14.0. The van der Waals surface area contributed by atoms with E-state index in [-0.39, 0.29) is 10.7 Å². The van der Waals surface area contributed by atoms with Gasteiger partial charge in [-0.15, -0.1) is 0 Å². The zero-order valence-corrected chi connectivity index (χ0v) is 12.7. The lowest BCUT2D eigenvalue weighted by atomic mass is 10.1. The molecule has 106 valence electrons. The fraction of sp³-hybridized carbons (Fsp3) is 0.125. The molecule has 0 saturated carbocycles. The van der Waals surface area contributed by atoms with E-state index in [2.05, 4.69) is 16.9 Å². The van der Waals surface area contributed by atoms with Gasteiger partial charge in [0.2, 0.25) is 0 Å². The average Bonchev–Trinajstić information content (AvgIpc) is 2.50. The molecule has 21 heavy (non-hydrogen) atoms. The Morgan fingerprint density at radius 2 is 1.71 bits per heavy atom. The summed E-state index contributed by atoms with van der Waals surface area (Å²) in [6.45, 7) is 2.08. The summed E-state index contributed by atoms with van der Waals surface area (Å²) >= 11 is 12.2. The van der Waals surface area contributed by atoms with Crippen molar-refractivity contribution in [1.82, 2.24) is 9.97 Å². The second kappa shape index (κ2) is 5.58. The standard InChI is InChI=1S/C16H11Cl2FN2/c1-2-9-3-5-10(6-4-9)16-20-14-12(19)8-7-11(17)13(14)15(18)21-16/h3-8H,2H2,1H3. The van der Waals surface area contributed by atoms with Crippen LogP contribution in [-0.2, 0) is 6.42 Å². The minimum atomic E-state index is -0.467. The highest BCUT2D eigenvalue weighted by Gasteiger charge is 2.14. The van der Waals surface area contributed by atoms with Gasteiger partial charge in [-0.3, -0.25) is 0 Å². The summed E-state index contributed by atoms with van der Waals surface area (Å²) in [6.07, 6.45) is 0.948. The molecule has 0 aliphatic carbocycles. The van der Waals surface area contributed by atoms with Crippen LogP contribution in [0.1, 0.15) is 12.5 Å². The summed E-state index contributed by atoms with van der Waals surface area (Å²) in [7, 11) is 0. The largest absolute Gasteiger partial charge is 0.225 e. The molecule has 0 saturated heterocycles. The topological polar surface area (TPSA) is 25.8 Å². The van der Waals surface area contributed by atoms with Crippen molar-refractivity contribution in [3.05, 3.63) is 58.0 Å². The highest BCUT2D eigenvalue weighted by Crippen LogP contribution is 2.31. The van der Waals surface area contributed by atoms with Crippen LogP contribution in [0.2, 0.25) is 10.2 Å². The number of aromatic nitrogens is 2. The van der Waals surface area contributed by atoms with Gasteiger partial charge in [0, 0.05) is 5.56 Å². The number of fused-ring (bicyclic) bond motifs is 1. The predicted octanol–water partition coefficient (Wildman–Crippen LogP) is 5.31. The molecule has 3 aromatic rings. The van der Waals surface area contributed by atoms with Gasteiger partial charge in [0.05, 0.1) is 10.4 Å². The van der Waals surface area contributed by atoms with Crippen molar-refractivity contribution in [1.29, 1.82) is 0 Å². The number of rotatable bonds is 2. The van der Waals surface area contributed by atoms with Crippen LogP contribution in [0, 0.1) is 5.82 Å². The molecular weight excluding hydrogens is 310 g/mol. The summed E-state index contributed by atoms with van der Waals surface area (Å²) in [4.78, 5) is 8.50. The van der Waals surface area contributed by atoms with Crippen LogP contribution in [0.15, 0.2) is 36.4 Å². The monoisotopic (exact) mass is 320 g/mol. The van der Waals surface area contributed by atoms with Crippen molar-refractivity contribution in [2.75, 3.05) is 0 Å². The third kappa shape index (κ3) is 2.59. The third-order valence-electron chi connectivity index (χ3n) is 3.33. The summed E-state index contributed by atoms with van der Waals surface area (Å²) in [5, 5.41) is 0.829. The van der Waals surface area contributed by atoms with Gasteiger partial charge in [0.15, 0.2) is 5.82 Å². The molecule has 2 nitrogen and oxygen atoms in total. The van der Waals surface area contributed by atoms with Gasteiger partial charge < -0.3 is 0 Å². The van der Waals surface area contributed by atoms with Crippen LogP contribution in [0.25, 0.3) is 22.3 Å². The zero-order chi connectivity index (χ0) is 15.0. The highest BCUT2D eigenvalue weighted by molar-refractivity contribution is 6.41. The Labute approximate surface area is 131 Å². The normalized spacial score (nSPS) is 11.0. The molecule has 0 radical (unpaired) electrons. The summed E-state index contributed by atoms with van der Waals surface area (Å²) in [5.74, 6) is -0.0820. The smallest absolute Gasteiger partial charge is 0.161 e. The summed E-state index contributed by atoms with van der Waals surface area (Å²) in [5.41, 5.74) is 2.13. The molecule has 0 unspecified atom stereocenters. The molecule has 0 spiro atoms. The first-order chi connectivity index (χ1) is 10.1. The molecule has 2 aromatic carbocycles. The first-order valence-electron chi connectivity index (χ1n) is 6.50. The van der Waals surface area contributed by atoms with Crippen molar-refractivity contribution >= 4 is 34.1 Å². The first-order valence-corrected chi connectivity index (χ1v) is 7.26. The van der Waals surface area contributed by atoms with E-state index in [1.807, 2.05) is 24.3 Å². The fourth-order valence-corrected chi connectivity index (χ4v) is 2.71. The minimum Gasteiger partial charge on any atom is -0.225 e. The molecule has 1 heterocycles. The van der Waals surface area contributed by atoms with E-state index in [0.717, 1.165) is 12.0 Å². The number of halogens is 3. The Kier molecular flexibility index (Phi) is 3.79. The third-order valence-corrected chi connectivity index (χ3v) is 3.91. The predicted molar refractivity (Wildman–Crippen MR) is 84.3 cm³/mol. The van der Waals surface area contributed by atoms with Crippen LogP contribution in [0.4, 0.5) is 4.39 Å². The lowest BCUT2D eigenvalue weighted by Crippen LogP contribution is -1.95. The number of benzene rings is 2. The lowest BCUT2D eigenvalue weighted by molar-refractivity contribution is 0.636. The molecule has 0 N–H and O–H groups in total. The van der Waals surface area contributed by atoms with E-state index in [1.54, 1.807) is 0 Å². The fourth-order valence-electron chi connectivity index (χ4n) is 2.15. The Morgan fingerprint density at radius 3 is 2.38 bits per heavy atom. The minimum absolute atomic E-state index is 0.136. The van der Waals surface area contributed by atoms with E-state index in [1.165, 1.54) is 17.7 Å². The number of aryl methyl sites for hydroxylation is 1. The van der Waals surface area contributed by atoms with Crippen LogP contribution >= 0.6 is 23.2 Å². The van der Waals surface area contributed by atoms with Crippen LogP contribution < -0.4 is 0 Å². The average molecular weight is 321 g/mol. The number of hydrogen-bond acceptors (Lipinski definition) is 2. The molecule has 0 fully saturated rings. The Bertz CT molecular complexity index is 817. The quantitative estimate of drug-likeness (QED) is 0.598. The van der Waals surface area contributed by atoms with Gasteiger partial charge in [0.25, 0.3) is 0 Å². The lowest BCUT2D eigenvalue weighted by Gasteiger charge is -2.07. The Balaban J connectivity index is 2.22. The van der Waals surface area contributed by atoms with Crippen LogP contribution in [0.5, 0.6) is 0 Å². The SMILES string of the molecule is CCc1ccc(-c2nc(Cl)c3c(Cl)ccc(F)c3n2)cc1.